The highest BCUT2D eigenvalue weighted by Crippen LogP contribution is 2.21. The Hall–Kier alpha value is 0.270. The lowest BCUT2D eigenvalue weighted by atomic mass is 10.1. The standard InChI is InChI=1S/C14H30N2S/c1-14(2,3)15-9-6-5-7-10-16(4)13-8-11-17-12-13/h13,15H,5-12H2,1-4H3. The van der Waals surface area contributed by atoms with Crippen LogP contribution in [0.1, 0.15) is 46.5 Å². The molecule has 17 heavy (non-hydrogen) atoms. The molecule has 0 aliphatic carbocycles. The second kappa shape index (κ2) is 7.65. The Morgan fingerprint density at radius 3 is 2.59 bits per heavy atom. The largest absolute Gasteiger partial charge is 0.312 e. The van der Waals surface area contributed by atoms with Crippen molar-refractivity contribution in [3.8, 4) is 0 Å². The Morgan fingerprint density at radius 1 is 1.24 bits per heavy atom. The van der Waals surface area contributed by atoms with Crippen molar-refractivity contribution in [2.75, 3.05) is 31.6 Å². The molecule has 1 aliphatic rings. The van der Waals surface area contributed by atoms with Crippen LogP contribution in [0.2, 0.25) is 0 Å². The summed E-state index contributed by atoms with van der Waals surface area (Å²) in [6.07, 6.45) is 5.41. The van der Waals surface area contributed by atoms with Gasteiger partial charge in [-0.15, -0.1) is 0 Å². The van der Waals surface area contributed by atoms with E-state index in [0.717, 1.165) is 12.6 Å². The number of unbranched alkanes of at least 4 members (excludes halogenated alkanes) is 2. The number of nitrogens with one attached hydrogen (secondary N) is 1. The first kappa shape index (κ1) is 15.3. The van der Waals surface area contributed by atoms with Crippen molar-refractivity contribution in [2.24, 2.45) is 0 Å². The second-order valence-electron chi connectivity index (χ2n) is 6.24. The van der Waals surface area contributed by atoms with Gasteiger partial charge in [0.2, 0.25) is 0 Å². The third-order valence-electron chi connectivity index (χ3n) is 3.37. The molecule has 1 atom stereocenters. The molecule has 1 aliphatic heterocycles. The van der Waals surface area contributed by atoms with Gasteiger partial charge in [-0.3, -0.25) is 0 Å². The van der Waals surface area contributed by atoms with Gasteiger partial charge in [-0.2, -0.15) is 11.8 Å². The normalized spacial score (nSPS) is 21.4. The van der Waals surface area contributed by atoms with Crippen LogP contribution in [0.25, 0.3) is 0 Å². The van der Waals surface area contributed by atoms with Crippen LogP contribution < -0.4 is 5.32 Å². The first-order chi connectivity index (χ1) is 7.99. The summed E-state index contributed by atoms with van der Waals surface area (Å²) in [7, 11) is 2.30. The number of nitrogens with zero attached hydrogens (tertiary/aromatic N) is 1. The summed E-state index contributed by atoms with van der Waals surface area (Å²) in [5, 5.41) is 3.55. The van der Waals surface area contributed by atoms with Crippen LogP contribution in [0.3, 0.4) is 0 Å². The van der Waals surface area contributed by atoms with Gasteiger partial charge >= 0.3 is 0 Å². The van der Waals surface area contributed by atoms with E-state index in [4.69, 9.17) is 0 Å². The first-order valence-electron chi connectivity index (χ1n) is 7.02. The van der Waals surface area contributed by atoms with Crippen LogP contribution >= 0.6 is 11.8 Å². The molecule has 0 saturated carbocycles. The van der Waals surface area contributed by atoms with E-state index in [2.05, 4.69) is 49.8 Å². The van der Waals surface area contributed by atoms with E-state index in [-0.39, 0.29) is 5.54 Å². The van der Waals surface area contributed by atoms with Gasteiger partial charge in [0.05, 0.1) is 0 Å². The molecule has 3 heteroatoms. The Labute approximate surface area is 112 Å². The van der Waals surface area contributed by atoms with Crippen LogP contribution in [0.5, 0.6) is 0 Å². The van der Waals surface area contributed by atoms with Crippen molar-refractivity contribution in [3.05, 3.63) is 0 Å². The van der Waals surface area contributed by atoms with Crippen molar-refractivity contribution in [3.63, 3.8) is 0 Å². The maximum atomic E-state index is 3.55. The minimum atomic E-state index is 0.276. The Kier molecular flexibility index (Phi) is 6.90. The molecule has 0 aromatic heterocycles. The van der Waals surface area contributed by atoms with E-state index in [1.54, 1.807) is 0 Å². The molecular formula is C14H30N2S. The smallest absolute Gasteiger partial charge is 0.0191 e. The molecule has 0 radical (unpaired) electrons. The van der Waals surface area contributed by atoms with Crippen LogP contribution in [0, 0.1) is 0 Å². The molecule has 0 aromatic rings. The highest BCUT2D eigenvalue weighted by Gasteiger charge is 2.19. The van der Waals surface area contributed by atoms with E-state index in [9.17, 15) is 0 Å². The van der Waals surface area contributed by atoms with Crippen molar-refractivity contribution in [1.29, 1.82) is 0 Å². The molecule has 2 nitrogen and oxygen atoms in total. The number of hydrogen-bond donors (Lipinski definition) is 1. The van der Waals surface area contributed by atoms with Gasteiger partial charge in [0.25, 0.3) is 0 Å². The van der Waals surface area contributed by atoms with E-state index in [0.29, 0.717) is 0 Å². The van der Waals surface area contributed by atoms with Crippen molar-refractivity contribution in [1.82, 2.24) is 10.2 Å². The maximum Gasteiger partial charge on any atom is 0.0191 e. The zero-order valence-electron chi connectivity index (χ0n) is 12.1. The topological polar surface area (TPSA) is 15.3 Å². The predicted octanol–water partition coefficient (Wildman–Crippen LogP) is 2.98. The highest BCUT2D eigenvalue weighted by atomic mass is 32.2. The van der Waals surface area contributed by atoms with Gasteiger partial charge < -0.3 is 10.2 Å². The van der Waals surface area contributed by atoms with Crippen molar-refractivity contribution < 1.29 is 0 Å². The second-order valence-corrected chi connectivity index (χ2v) is 7.39. The third kappa shape index (κ3) is 7.32. The number of thioether (sulfide) groups is 1. The minimum Gasteiger partial charge on any atom is -0.312 e. The Morgan fingerprint density at radius 2 is 2.00 bits per heavy atom. The molecule has 1 unspecified atom stereocenters. The summed E-state index contributed by atoms with van der Waals surface area (Å²) in [5.74, 6) is 2.71. The fraction of sp³-hybridized carbons (Fsp3) is 1.00. The third-order valence-corrected chi connectivity index (χ3v) is 4.52. The highest BCUT2D eigenvalue weighted by molar-refractivity contribution is 7.99. The SMILES string of the molecule is CN(CCCCCNC(C)(C)C)C1CCSC1. The van der Waals surface area contributed by atoms with Gasteiger partial charge in [0.15, 0.2) is 0 Å². The lowest BCUT2D eigenvalue weighted by Crippen LogP contribution is -2.36. The van der Waals surface area contributed by atoms with E-state index < -0.39 is 0 Å². The Bertz CT molecular complexity index is 195. The minimum absolute atomic E-state index is 0.276. The van der Waals surface area contributed by atoms with Gasteiger partial charge in [-0.25, -0.2) is 0 Å². The lowest BCUT2D eigenvalue weighted by molar-refractivity contribution is 0.256. The predicted molar refractivity (Wildman–Crippen MR) is 80.0 cm³/mol. The molecule has 0 bridgehead atoms. The summed E-state index contributed by atoms with van der Waals surface area (Å²) >= 11 is 2.11. The quantitative estimate of drug-likeness (QED) is 0.707. The summed E-state index contributed by atoms with van der Waals surface area (Å²) < 4.78 is 0. The zero-order chi connectivity index (χ0) is 12.7. The molecule has 0 aromatic carbocycles. The first-order valence-corrected chi connectivity index (χ1v) is 8.17. The average molecular weight is 258 g/mol. The molecule has 1 N–H and O–H groups in total. The fourth-order valence-corrected chi connectivity index (χ4v) is 3.48. The summed E-state index contributed by atoms with van der Waals surface area (Å²) in [4.78, 5) is 2.57. The Balaban J connectivity index is 1.93. The molecule has 1 saturated heterocycles. The molecular weight excluding hydrogens is 228 g/mol. The molecule has 1 heterocycles. The van der Waals surface area contributed by atoms with Crippen LogP contribution in [-0.2, 0) is 0 Å². The maximum absolute atomic E-state index is 3.55. The summed E-state index contributed by atoms with van der Waals surface area (Å²) in [5.41, 5.74) is 0.276. The van der Waals surface area contributed by atoms with Gasteiger partial charge in [-0.05, 0) is 65.9 Å². The van der Waals surface area contributed by atoms with Gasteiger partial charge in [0.1, 0.15) is 0 Å². The van der Waals surface area contributed by atoms with Gasteiger partial charge in [-0.1, -0.05) is 6.42 Å². The summed E-state index contributed by atoms with van der Waals surface area (Å²) in [6.45, 7) is 9.14. The van der Waals surface area contributed by atoms with Crippen LogP contribution in [-0.4, -0.2) is 48.1 Å². The summed E-state index contributed by atoms with van der Waals surface area (Å²) in [6, 6.07) is 0.854. The fourth-order valence-electron chi connectivity index (χ4n) is 2.18. The zero-order valence-corrected chi connectivity index (χ0v) is 12.9. The molecule has 1 rings (SSSR count). The monoisotopic (exact) mass is 258 g/mol. The number of rotatable bonds is 7. The van der Waals surface area contributed by atoms with Crippen LogP contribution in [0.15, 0.2) is 0 Å². The molecule has 0 spiro atoms. The number of hydrogen-bond acceptors (Lipinski definition) is 3. The van der Waals surface area contributed by atoms with Crippen LogP contribution in [0.4, 0.5) is 0 Å². The van der Waals surface area contributed by atoms with E-state index >= 15 is 0 Å². The molecule has 1 fully saturated rings. The lowest BCUT2D eigenvalue weighted by Gasteiger charge is -2.23. The average Bonchev–Trinajstić information content (AvgIpc) is 2.74. The van der Waals surface area contributed by atoms with E-state index in [1.165, 1.54) is 43.7 Å². The van der Waals surface area contributed by atoms with Crippen molar-refractivity contribution in [2.45, 2.75) is 58.0 Å². The van der Waals surface area contributed by atoms with Crippen molar-refractivity contribution >= 4 is 11.8 Å². The van der Waals surface area contributed by atoms with Gasteiger partial charge in [0, 0.05) is 17.3 Å². The molecule has 0 amide bonds. The molecule has 102 valence electrons. The van der Waals surface area contributed by atoms with E-state index in [1.807, 2.05) is 0 Å².